The fraction of sp³-hybridized carbons (Fsp3) is 0.250. The fourth-order valence-corrected chi connectivity index (χ4v) is 6.59. The Morgan fingerprint density at radius 2 is 1.90 bits per heavy atom. The molecule has 0 bridgehead atoms. The number of carbonyl (C=O) groups excluding carboxylic acids is 1. The van der Waals surface area contributed by atoms with E-state index >= 15 is 0 Å². The number of carbonyl (C=O) groups is 1. The molecule has 8 heteroatoms. The van der Waals surface area contributed by atoms with E-state index in [4.69, 9.17) is 0 Å². The van der Waals surface area contributed by atoms with Gasteiger partial charge >= 0.3 is 117 Å². The van der Waals surface area contributed by atoms with Gasteiger partial charge in [-0.25, -0.2) is 0 Å². The Kier molecular flexibility index (Phi) is 5.63. The minimum atomic E-state index is -4.00. The van der Waals surface area contributed by atoms with Crippen molar-refractivity contribution in [1.82, 2.24) is 5.32 Å². The van der Waals surface area contributed by atoms with Crippen LogP contribution in [0.2, 0.25) is 0 Å². The van der Waals surface area contributed by atoms with Gasteiger partial charge in [-0.1, -0.05) is 0 Å². The molecule has 0 aliphatic carbocycles. The average molecular weight is 319 g/mol. The summed E-state index contributed by atoms with van der Waals surface area (Å²) in [6.07, 6.45) is -0.513. The number of benzene rings is 1. The van der Waals surface area contributed by atoms with Gasteiger partial charge in [0.25, 0.3) is 0 Å². The van der Waals surface area contributed by atoms with Crippen molar-refractivity contribution in [2.75, 3.05) is 12.2 Å². The molecule has 0 spiro atoms. The summed E-state index contributed by atoms with van der Waals surface area (Å²) in [5.74, 6) is -1.18. The molecule has 1 atom stereocenters. The first-order valence-corrected chi connectivity index (χ1v) is 10.0. The molecule has 0 fully saturated rings. The van der Waals surface area contributed by atoms with E-state index in [0.717, 1.165) is 0 Å². The van der Waals surface area contributed by atoms with Crippen molar-refractivity contribution < 1.29 is 24.0 Å². The normalized spacial score (nSPS) is 15.2. The summed E-state index contributed by atoms with van der Waals surface area (Å²) >= 11 is 0. The van der Waals surface area contributed by atoms with Gasteiger partial charge in [0.05, 0.1) is 0 Å². The first kappa shape index (κ1) is 17.0. The van der Waals surface area contributed by atoms with Crippen molar-refractivity contribution in [2.24, 2.45) is 0 Å². The summed E-state index contributed by atoms with van der Waals surface area (Å²) in [5, 5.41) is 2.50. The van der Waals surface area contributed by atoms with E-state index in [2.05, 4.69) is 11.9 Å². The first-order chi connectivity index (χ1) is 9.14. The Bertz CT molecular complexity index is 544. The maximum absolute atomic E-state index is 12.0. The molecule has 4 N–H and O–H groups in total. The van der Waals surface area contributed by atoms with Gasteiger partial charge < -0.3 is 0 Å². The number of hydrogen-bond acceptors (Lipinski definition) is 4. The molecule has 0 aliphatic heterocycles. The Morgan fingerprint density at radius 1 is 1.35 bits per heavy atom. The first-order valence-electron chi connectivity index (χ1n) is 5.89. The molecule has 0 aromatic heterocycles. The van der Waals surface area contributed by atoms with E-state index in [9.17, 15) is 24.0 Å². The molecule has 0 saturated carbocycles. The van der Waals surface area contributed by atoms with E-state index in [1.165, 1.54) is 19.1 Å². The summed E-state index contributed by atoms with van der Waals surface area (Å²) in [6.45, 7) is 4.88. The Labute approximate surface area is 118 Å². The number of hydrogen-bond donors (Lipinski definition) is 4. The third-order valence-corrected chi connectivity index (χ3v) is 8.23. The molecular weight excluding hydrogens is 300 g/mol. The molecule has 0 radical (unpaired) electrons. The average Bonchev–Trinajstić information content (AvgIpc) is 2.35. The second-order valence-electron chi connectivity index (χ2n) is 4.63. The minimum absolute atomic E-state index is 0.213. The summed E-state index contributed by atoms with van der Waals surface area (Å²) < 4.78 is 12.0. The number of rotatable bonds is 6. The van der Waals surface area contributed by atoms with Crippen LogP contribution in [-0.4, -0.2) is 32.8 Å². The van der Waals surface area contributed by atoms with Crippen LogP contribution < -0.4 is 10.6 Å². The SMILES string of the molecule is C=C(C)C(=O)NCP(=O)(O)C[PH](O)(O)c1ccccc1. The van der Waals surface area contributed by atoms with Gasteiger partial charge in [0.1, 0.15) is 0 Å². The summed E-state index contributed by atoms with van der Waals surface area (Å²) in [7, 11) is -7.89. The summed E-state index contributed by atoms with van der Waals surface area (Å²) in [6, 6.07) is 7.94. The van der Waals surface area contributed by atoms with E-state index in [1.807, 2.05) is 0 Å². The molecule has 20 heavy (non-hydrogen) atoms. The zero-order valence-corrected chi connectivity index (χ0v) is 13.0. The van der Waals surface area contributed by atoms with Crippen LogP contribution in [0.4, 0.5) is 0 Å². The molecular formula is C12H19NO5P2. The molecule has 0 saturated heterocycles. The Balaban J connectivity index is 2.73. The third kappa shape index (κ3) is 5.16. The van der Waals surface area contributed by atoms with Gasteiger partial charge in [0.15, 0.2) is 0 Å². The second-order valence-corrected chi connectivity index (χ2v) is 10.1. The third-order valence-electron chi connectivity index (χ3n) is 2.58. The van der Waals surface area contributed by atoms with Crippen molar-refractivity contribution in [1.29, 1.82) is 0 Å². The van der Waals surface area contributed by atoms with Gasteiger partial charge in [-0.2, -0.15) is 0 Å². The molecule has 1 aromatic rings. The van der Waals surface area contributed by atoms with E-state index in [0.29, 0.717) is 0 Å². The Hall–Kier alpha value is -1.03. The number of nitrogens with one attached hydrogen (secondary N) is 1. The molecule has 0 aliphatic rings. The van der Waals surface area contributed by atoms with Crippen LogP contribution in [0.25, 0.3) is 0 Å². The molecule has 112 valence electrons. The van der Waals surface area contributed by atoms with Crippen molar-refractivity contribution in [3.8, 4) is 0 Å². The van der Waals surface area contributed by atoms with Crippen LogP contribution >= 0.6 is 15.1 Å². The molecule has 1 amide bonds. The van der Waals surface area contributed by atoms with Crippen LogP contribution in [-0.2, 0) is 9.36 Å². The molecule has 1 aromatic carbocycles. The molecule has 6 nitrogen and oxygen atoms in total. The maximum atomic E-state index is 12.0. The summed E-state index contributed by atoms with van der Waals surface area (Å²) in [5.41, 5.74) is 0.213. The Morgan fingerprint density at radius 3 is 2.40 bits per heavy atom. The second kappa shape index (κ2) is 6.61. The predicted octanol–water partition coefficient (Wildman–Crippen LogP) is 0.754. The zero-order chi connectivity index (χ0) is 15.4. The fourth-order valence-electron chi connectivity index (χ4n) is 1.54. The standard InChI is InChI=1S/C12H19NO5P2/c1-10(2)12(14)13-8-19(15,16)9-20(17,18)11-6-4-3-5-7-11/h3-7,17-18,20H,1,8-9H2,2H3,(H,13,14)(H,15,16). The topological polar surface area (TPSA) is 107 Å². The van der Waals surface area contributed by atoms with Gasteiger partial charge in [-0.15, -0.1) is 0 Å². The number of amides is 1. The van der Waals surface area contributed by atoms with E-state index in [-0.39, 0.29) is 10.9 Å². The van der Waals surface area contributed by atoms with Crippen LogP contribution in [0.3, 0.4) is 0 Å². The predicted molar refractivity (Wildman–Crippen MR) is 81.3 cm³/mol. The van der Waals surface area contributed by atoms with Gasteiger partial charge in [-0.05, 0) is 0 Å². The zero-order valence-electron chi connectivity index (χ0n) is 11.1. The van der Waals surface area contributed by atoms with Crippen molar-refractivity contribution >= 4 is 26.3 Å². The van der Waals surface area contributed by atoms with Crippen LogP contribution in [0, 0.1) is 0 Å². The van der Waals surface area contributed by atoms with Gasteiger partial charge in [-0.3, -0.25) is 0 Å². The molecule has 0 heterocycles. The summed E-state index contributed by atoms with van der Waals surface area (Å²) in [4.78, 5) is 41.1. The quantitative estimate of drug-likeness (QED) is 0.457. The molecule has 1 rings (SSSR count). The van der Waals surface area contributed by atoms with Gasteiger partial charge in [0.2, 0.25) is 0 Å². The van der Waals surface area contributed by atoms with E-state index in [1.54, 1.807) is 18.2 Å². The van der Waals surface area contributed by atoms with E-state index < -0.39 is 33.2 Å². The monoisotopic (exact) mass is 319 g/mol. The van der Waals surface area contributed by atoms with Crippen LogP contribution in [0.1, 0.15) is 6.92 Å². The van der Waals surface area contributed by atoms with Crippen molar-refractivity contribution in [2.45, 2.75) is 6.92 Å². The van der Waals surface area contributed by atoms with Gasteiger partial charge in [0, 0.05) is 0 Å². The van der Waals surface area contributed by atoms with Crippen molar-refractivity contribution in [3.05, 3.63) is 42.5 Å². The van der Waals surface area contributed by atoms with Crippen molar-refractivity contribution in [3.63, 3.8) is 0 Å². The van der Waals surface area contributed by atoms with Crippen LogP contribution in [0.5, 0.6) is 0 Å². The molecule has 1 unspecified atom stereocenters. The van der Waals surface area contributed by atoms with Crippen LogP contribution in [0.15, 0.2) is 42.5 Å².